The van der Waals surface area contributed by atoms with Crippen LogP contribution in [0.2, 0.25) is 0 Å². The maximum absolute atomic E-state index is 13.5. The lowest BCUT2D eigenvalue weighted by Crippen LogP contribution is -2.23. The maximum atomic E-state index is 13.5. The summed E-state index contributed by atoms with van der Waals surface area (Å²) < 4.78 is 55.9. The number of amides is 1. The highest BCUT2D eigenvalue weighted by Gasteiger charge is 2.39. The first kappa shape index (κ1) is 14.6. The van der Waals surface area contributed by atoms with Crippen LogP contribution in [0.3, 0.4) is 0 Å². The third kappa shape index (κ3) is 2.66. The third-order valence-electron chi connectivity index (χ3n) is 2.38. The van der Waals surface area contributed by atoms with Crippen molar-refractivity contribution in [1.82, 2.24) is 5.32 Å². The molecule has 1 atom stereocenters. The van der Waals surface area contributed by atoms with E-state index in [1.54, 1.807) is 0 Å². The molecule has 18 heavy (non-hydrogen) atoms. The van der Waals surface area contributed by atoms with Gasteiger partial charge in [0.05, 0.1) is 11.6 Å². The third-order valence-corrected chi connectivity index (χ3v) is 2.38. The maximum Gasteiger partial charge on any atom is 0.416 e. The van der Waals surface area contributed by atoms with Crippen molar-refractivity contribution in [2.24, 2.45) is 0 Å². The molecule has 0 radical (unpaired) electrons. The summed E-state index contributed by atoms with van der Waals surface area (Å²) in [5.41, 5.74) is -1.70. The largest absolute Gasteiger partial charge is 0.447 e. The van der Waals surface area contributed by atoms with E-state index in [2.05, 4.69) is 10.1 Å². The van der Waals surface area contributed by atoms with Gasteiger partial charge in [0.15, 0.2) is 0 Å². The SMILES string of the molecule is Cl.O=C1N[C@@H](c2c(F)cccc2C(F)(F)F)CO1. The molecule has 100 valence electrons. The number of alkyl carbamates (subject to hydrolysis) is 1. The van der Waals surface area contributed by atoms with Gasteiger partial charge in [-0.15, -0.1) is 12.4 Å². The molecule has 1 aromatic carbocycles. The van der Waals surface area contributed by atoms with Gasteiger partial charge in [-0.25, -0.2) is 9.18 Å². The average molecular weight is 286 g/mol. The number of alkyl halides is 3. The number of carbonyl (C=O) groups excluding carboxylic acids is 1. The first-order valence-corrected chi connectivity index (χ1v) is 4.68. The van der Waals surface area contributed by atoms with Crippen LogP contribution in [0.25, 0.3) is 0 Å². The molecule has 1 aliphatic rings. The van der Waals surface area contributed by atoms with Crippen LogP contribution in [0.5, 0.6) is 0 Å². The first-order valence-electron chi connectivity index (χ1n) is 4.68. The van der Waals surface area contributed by atoms with E-state index in [1.165, 1.54) is 0 Å². The molecular weight excluding hydrogens is 278 g/mol. The van der Waals surface area contributed by atoms with Crippen LogP contribution in [-0.2, 0) is 10.9 Å². The van der Waals surface area contributed by atoms with Crippen LogP contribution in [0.4, 0.5) is 22.4 Å². The number of nitrogens with one attached hydrogen (secondary N) is 1. The van der Waals surface area contributed by atoms with Crippen molar-refractivity contribution >= 4 is 18.5 Å². The van der Waals surface area contributed by atoms with Crippen molar-refractivity contribution in [2.45, 2.75) is 12.2 Å². The Hall–Kier alpha value is -1.50. The van der Waals surface area contributed by atoms with E-state index in [9.17, 15) is 22.4 Å². The van der Waals surface area contributed by atoms with Gasteiger partial charge in [-0.2, -0.15) is 13.2 Å². The van der Waals surface area contributed by atoms with Gasteiger partial charge in [0, 0.05) is 5.56 Å². The number of hydrogen-bond acceptors (Lipinski definition) is 2. The molecule has 1 aromatic rings. The van der Waals surface area contributed by atoms with Gasteiger partial charge in [-0.1, -0.05) is 6.07 Å². The molecule has 0 aliphatic carbocycles. The van der Waals surface area contributed by atoms with Crippen LogP contribution < -0.4 is 5.32 Å². The molecule has 2 rings (SSSR count). The zero-order valence-corrected chi connectivity index (χ0v) is 9.57. The molecule has 8 heteroatoms. The Morgan fingerprint density at radius 3 is 2.50 bits per heavy atom. The minimum Gasteiger partial charge on any atom is -0.447 e. The van der Waals surface area contributed by atoms with Crippen LogP contribution in [0.15, 0.2) is 18.2 Å². The lowest BCUT2D eigenvalue weighted by atomic mass is 10.00. The van der Waals surface area contributed by atoms with E-state index >= 15 is 0 Å². The fraction of sp³-hybridized carbons (Fsp3) is 0.300. The summed E-state index contributed by atoms with van der Waals surface area (Å²) in [5, 5.41) is 2.12. The molecule has 1 fully saturated rings. The highest BCUT2D eigenvalue weighted by atomic mass is 35.5. The molecule has 0 saturated carbocycles. The minimum atomic E-state index is -4.68. The van der Waals surface area contributed by atoms with Crippen molar-refractivity contribution in [3.05, 3.63) is 35.1 Å². The summed E-state index contributed by atoms with van der Waals surface area (Å²) in [6.45, 7) is -0.317. The Labute approximate surface area is 106 Å². The predicted molar refractivity (Wildman–Crippen MR) is 55.9 cm³/mol. The van der Waals surface area contributed by atoms with Crippen LogP contribution >= 0.6 is 12.4 Å². The monoisotopic (exact) mass is 285 g/mol. The highest BCUT2D eigenvalue weighted by molar-refractivity contribution is 5.85. The lowest BCUT2D eigenvalue weighted by molar-refractivity contribution is -0.138. The van der Waals surface area contributed by atoms with Gasteiger partial charge in [0.2, 0.25) is 0 Å². The Morgan fingerprint density at radius 2 is 2.00 bits per heavy atom. The van der Waals surface area contributed by atoms with E-state index in [4.69, 9.17) is 0 Å². The fourth-order valence-corrected chi connectivity index (χ4v) is 1.68. The van der Waals surface area contributed by atoms with E-state index in [1.807, 2.05) is 0 Å². The minimum absolute atomic E-state index is 0. The van der Waals surface area contributed by atoms with Gasteiger partial charge in [-0.05, 0) is 12.1 Å². The molecule has 1 heterocycles. The fourth-order valence-electron chi connectivity index (χ4n) is 1.68. The summed E-state index contributed by atoms with van der Waals surface area (Å²) in [7, 11) is 0. The first-order chi connectivity index (χ1) is 7.89. The quantitative estimate of drug-likeness (QED) is 0.806. The summed E-state index contributed by atoms with van der Waals surface area (Å²) in [4.78, 5) is 10.8. The lowest BCUT2D eigenvalue weighted by Gasteiger charge is -2.16. The zero-order chi connectivity index (χ0) is 12.6. The van der Waals surface area contributed by atoms with Crippen molar-refractivity contribution in [1.29, 1.82) is 0 Å². The van der Waals surface area contributed by atoms with E-state index < -0.39 is 35.3 Å². The zero-order valence-electron chi connectivity index (χ0n) is 8.75. The van der Waals surface area contributed by atoms with Gasteiger partial charge in [0.25, 0.3) is 0 Å². The number of benzene rings is 1. The number of hydrogen-bond donors (Lipinski definition) is 1. The second-order valence-electron chi connectivity index (χ2n) is 3.49. The summed E-state index contributed by atoms with van der Waals surface area (Å²) in [5.74, 6) is -1.02. The normalized spacial score (nSPS) is 18.9. The number of carbonyl (C=O) groups is 1. The van der Waals surface area contributed by atoms with Gasteiger partial charge in [-0.3, -0.25) is 0 Å². The van der Waals surface area contributed by atoms with Crippen molar-refractivity contribution in [3.8, 4) is 0 Å². The van der Waals surface area contributed by atoms with Gasteiger partial charge in [0.1, 0.15) is 12.4 Å². The molecule has 0 bridgehead atoms. The molecule has 3 nitrogen and oxygen atoms in total. The second-order valence-corrected chi connectivity index (χ2v) is 3.49. The standard InChI is InChI=1S/C10H7F4NO2.ClH/c11-6-3-1-2-5(10(12,13)14)8(6)7-4-17-9(16)15-7;/h1-3,7H,4H2,(H,15,16);1H/t7-;/m1./s1. The predicted octanol–water partition coefficient (Wildman–Crippen LogP) is 3.05. The molecule has 1 aliphatic heterocycles. The number of halogens is 5. The topological polar surface area (TPSA) is 38.3 Å². The Balaban J connectivity index is 0.00000162. The summed E-state index contributed by atoms with van der Waals surface area (Å²) >= 11 is 0. The van der Waals surface area contributed by atoms with E-state index in [0.29, 0.717) is 0 Å². The molecule has 0 spiro atoms. The summed E-state index contributed by atoms with van der Waals surface area (Å²) in [6.07, 6.45) is -5.53. The average Bonchev–Trinajstić information content (AvgIpc) is 2.63. The number of rotatable bonds is 1. The van der Waals surface area contributed by atoms with Crippen molar-refractivity contribution in [3.63, 3.8) is 0 Å². The Bertz CT molecular complexity index is 464. The second kappa shape index (κ2) is 5.01. The van der Waals surface area contributed by atoms with Crippen LogP contribution in [0, 0.1) is 5.82 Å². The molecule has 1 saturated heterocycles. The molecule has 1 amide bonds. The molecule has 0 aromatic heterocycles. The molecule has 1 N–H and O–H groups in total. The summed E-state index contributed by atoms with van der Waals surface area (Å²) in [6, 6.07) is 1.54. The van der Waals surface area contributed by atoms with Crippen LogP contribution in [0.1, 0.15) is 17.2 Å². The van der Waals surface area contributed by atoms with Gasteiger partial charge >= 0.3 is 12.3 Å². The Kier molecular flexibility index (Phi) is 4.05. The van der Waals surface area contributed by atoms with E-state index in [0.717, 1.165) is 18.2 Å². The smallest absolute Gasteiger partial charge is 0.416 e. The molecule has 0 unspecified atom stereocenters. The number of cyclic esters (lactones) is 1. The van der Waals surface area contributed by atoms with Crippen molar-refractivity contribution < 1.29 is 27.1 Å². The number of ether oxygens (including phenoxy) is 1. The Morgan fingerprint density at radius 1 is 1.33 bits per heavy atom. The van der Waals surface area contributed by atoms with E-state index in [-0.39, 0.29) is 19.0 Å². The molecular formula is C10H8ClF4NO2. The van der Waals surface area contributed by atoms with Crippen molar-refractivity contribution in [2.75, 3.05) is 6.61 Å². The van der Waals surface area contributed by atoms with Crippen LogP contribution in [-0.4, -0.2) is 12.7 Å². The highest BCUT2D eigenvalue weighted by Crippen LogP contribution is 2.36. The van der Waals surface area contributed by atoms with Gasteiger partial charge < -0.3 is 10.1 Å².